The van der Waals surface area contributed by atoms with Crippen molar-refractivity contribution in [2.45, 2.75) is 19.9 Å². The fraction of sp³-hybridized carbons (Fsp3) is 0.308. The van der Waals surface area contributed by atoms with Gasteiger partial charge in [-0.25, -0.2) is 0 Å². The van der Waals surface area contributed by atoms with Crippen molar-refractivity contribution in [2.75, 3.05) is 12.8 Å². The molecule has 0 aliphatic heterocycles. The molecule has 0 unspecified atom stereocenters. The highest BCUT2D eigenvalue weighted by atomic mass is 16.5. The van der Waals surface area contributed by atoms with Crippen LogP contribution in [0.25, 0.3) is 11.3 Å². The van der Waals surface area contributed by atoms with Crippen LogP contribution in [0.15, 0.2) is 30.5 Å². The number of hydrogen-bond donors (Lipinski definition) is 1. The Morgan fingerprint density at radius 1 is 1.29 bits per heavy atom. The number of methoxy groups -OCH3 is 1. The monoisotopic (exact) mass is 231 g/mol. The molecule has 0 aliphatic carbocycles. The van der Waals surface area contributed by atoms with Gasteiger partial charge in [-0.1, -0.05) is 0 Å². The van der Waals surface area contributed by atoms with E-state index >= 15 is 0 Å². The number of aromatic nitrogens is 2. The molecule has 0 atom stereocenters. The summed E-state index contributed by atoms with van der Waals surface area (Å²) in [5, 5.41) is 4.32. The minimum Gasteiger partial charge on any atom is -0.496 e. The molecule has 2 aromatic rings. The minimum absolute atomic E-state index is 0.297. The van der Waals surface area contributed by atoms with E-state index in [4.69, 9.17) is 10.5 Å². The first kappa shape index (κ1) is 11.5. The molecular formula is C13H17N3O. The molecule has 90 valence electrons. The van der Waals surface area contributed by atoms with Gasteiger partial charge in [0.2, 0.25) is 0 Å². The second-order valence-electron chi connectivity index (χ2n) is 4.21. The van der Waals surface area contributed by atoms with Gasteiger partial charge < -0.3 is 10.5 Å². The molecule has 1 aromatic carbocycles. The van der Waals surface area contributed by atoms with E-state index in [-0.39, 0.29) is 0 Å². The van der Waals surface area contributed by atoms with E-state index in [0.29, 0.717) is 6.04 Å². The molecule has 0 amide bonds. The second-order valence-corrected chi connectivity index (χ2v) is 4.21. The van der Waals surface area contributed by atoms with Crippen LogP contribution in [0.1, 0.15) is 19.9 Å². The Hall–Kier alpha value is -1.97. The zero-order valence-corrected chi connectivity index (χ0v) is 10.3. The number of nitrogens with two attached hydrogens (primary N) is 1. The Bertz CT molecular complexity index is 517. The fourth-order valence-electron chi connectivity index (χ4n) is 1.86. The third kappa shape index (κ3) is 2.11. The summed E-state index contributed by atoms with van der Waals surface area (Å²) in [7, 11) is 1.66. The van der Waals surface area contributed by atoms with Crippen molar-refractivity contribution in [3.05, 3.63) is 30.5 Å². The number of rotatable bonds is 3. The van der Waals surface area contributed by atoms with Crippen LogP contribution in [-0.4, -0.2) is 16.9 Å². The molecule has 1 heterocycles. The van der Waals surface area contributed by atoms with Gasteiger partial charge in [-0.3, -0.25) is 4.68 Å². The van der Waals surface area contributed by atoms with Gasteiger partial charge in [-0.15, -0.1) is 0 Å². The van der Waals surface area contributed by atoms with E-state index < -0.39 is 0 Å². The molecule has 2 N–H and O–H groups in total. The number of benzene rings is 1. The Morgan fingerprint density at radius 2 is 2.06 bits per heavy atom. The first-order valence-corrected chi connectivity index (χ1v) is 5.61. The van der Waals surface area contributed by atoms with Crippen molar-refractivity contribution in [1.29, 1.82) is 0 Å². The smallest absolute Gasteiger partial charge is 0.128 e. The molecule has 17 heavy (non-hydrogen) atoms. The quantitative estimate of drug-likeness (QED) is 0.826. The van der Waals surface area contributed by atoms with E-state index in [1.165, 1.54) is 0 Å². The maximum absolute atomic E-state index is 5.83. The molecular weight excluding hydrogens is 214 g/mol. The van der Waals surface area contributed by atoms with Crippen molar-refractivity contribution in [3.8, 4) is 17.0 Å². The van der Waals surface area contributed by atoms with Crippen LogP contribution in [0.2, 0.25) is 0 Å². The van der Waals surface area contributed by atoms with Gasteiger partial charge in [-0.2, -0.15) is 5.10 Å². The van der Waals surface area contributed by atoms with Crippen LogP contribution >= 0.6 is 0 Å². The fourth-order valence-corrected chi connectivity index (χ4v) is 1.86. The van der Waals surface area contributed by atoms with Gasteiger partial charge in [0, 0.05) is 23.5 Å². The lowest BCUT2D eigenvalue weighted by Gasteiger charge is -2.14. The summed E-state index contributed by atoms with van der Waals surface area (Å²) in [6.07, 6.45) is 1.79. The largest absolute Gasteiger partial charge is 0.496 e. The van der Waals surface area contributed by atoms with Crippen molar-refractivity contribution < 1.29 is 4.74 Å². The number of ether oxygens (including phenoxy) is 1. The van der Waals surface area contributed by atoms with Gasteiger partial charge in [0.15, 0.2) is 0 Å². The normalized spacial score (nSPS) is 10.8. The van der Waals surface area contributed by atoms with Gasteiger partial charge in [0.25, 0.3) is 0 Å². The molecule has 0 saturated heterocycles. The van der Waals surface area contributed by atoms with E-state index in [1.54, 1.807) is 13.3 Å². The van der Waals surface area contributed by atoms with Crippen molar-refractivity contribution >= 4 is 5.69 Å². The third-order valence-electron chi connectivity index (χ3n) is 2.66. The SMILES string of the molecule is COc1ccc(N)cc1-c1ccnn1C(C)C. The van der Waals surface area contributed by atoms with Crippen LogP contribution < -0.4 is 10.5 Å². The maximum atomic E-state index is 5.83. The molecule has 0 spiro atoms. The lowest BCUT2D eigenvalue weighted by atomic mass is 10.1. The Labute approximate surface area is 101 Å². The van der Waals surface area contributed by atoms with Crippen LogP contribution in [0.5, 0.6) is 5.75 Å². The molecule has 0 radical (unpaired) electrons. The first-order chi connectivity index (χ1) is 8.13. The summed E-state index contributed by atoms with van der Waals surface area (Å²) in [6.45, 7) is 4.19. The number of nitrogen functional groups attached to an aromatic ring is 1. The summed E-state index contributed by atoms with van der Waals surface area (Å²) in [6, 6.07) is 7.89. The molecule has 0 aliphatic rings. The molecule has 4 nitrogen and oxygen atoms in total. The average Bonchev–Trinajstić information content (AvgIpc) is 2.77. The van der Waals surface area contributed by atoms with Crippen LogP contribution in [0.3, 0.4) is 0 Å². The lowest BCUT2D eigenvalue weighted by molar-refractivity contribution is 0.415. The predicted octanol–water partition coefficient (Wildman–Crippen LogP) is 2.72. The molecule has 0 bridgehead atoms. The topological polar surface area (TPSA) is 53.1 Å². The average molecular weight is 231 g/mol. The summed E-state index contributed by atoms with van der Waals surface area (Å²) >= 11 is 0. The molecule has 2 rings (SSSR count). The molecule has 0 saturated carbocycles. The van der Waals surface area contributed by atoms with E-state index in [9.17, 15) is 0 Å². The standard InChI is InChI=1S/C13H17N3O/c1-9(2)16-12(6-7-15-16)11-8-10(14)4-5-13(11)17-3/h4-9H,14H2,1-3H3. The summed E-state index contributed by atoms with van der Waals surface area (Å²) < 4.78 is 7.32. The molecule has 1 aromatic heterocycles. The van der Waals surface area contributed by atoms with Crippen LogP contribution in [0, 0.1) is 0 Å². The number of nitrogens with zero attached hydrogens (tertiary/aromatic N) is 2. The predicted molar refractivity (Wildman–Crippen MR) is 69.0 cm³/mol. The number of hydrogen-bond acceptors (Lipinski definition) is 3. The van der Waals surface area contributed by atoms with Crippen molar-refractivity contribution in [3.63, 3.8) is 0 Å². The minimum atomic E-state index is 0.297. The zero-order valence-electron chi connectivity index (χ0n) is 10.3. The Morgan fingerprint density at radius 3 is 2.71 bits per heavy atom. The maximum Gasteiger partial charge on any atom is 0.128 e. The highest BCUT2D eigenvalue weighted by molar-refractivity contribution is 5.71. The Balaban J connectivity index is 2.59. The van der Waals surface area contributed by atoms with Gasteiger partial charge in [-0.05, 0) is 38.1 Å². The summed E-state index contributed by atoms with van der Waals surface area (Å²) in [4.78, 5) is 0. The zero-order chi connectivity index (χ0) is 12.4. The van der Waals surface area contributed by atoms with E-state index in [0.717, 1.165) is 22.7 Å². The van der Waals surface area contributed by atoms with Crippen LogP contribution in [-0.2, 0) is 0 Å². The summed E-state index contributed by atoms with van der Waals surface area (Å²) in [5.74, 6) is 0.807. The highest BCUT2D eigenvalue weighted by Crippen LogP contribution is 2.32. The second kappa shape index (κ2) is 4.49. The highest BCUT2D eigenvalue weighted by Gasteiger charge is 2.12. The van der Waals surface area contributed by atoms with E-state index in [1.807, 2.05) is 28.9 Å². The van der Waals surface area contributed by atoms with E-state index in [2.05, 4.69) is 18.9 Å². The Kier molecular flexibility index (Phi) is 3.04. The first-order valence-electron chi connectivity index (χ1n) is 5.61. The number of anilines is 1. The summed E-state index contributed by atoms with van der Waals surface area (Å²) in [5.41, 5.74) is 8.54. The van der Waals surface area contributed by atoms with Gasteiger partial charge >= 0.3 is 0 Å². The molecule has 0 fully saturated rings. The van der Waals surface area contributed by atoms with Crippen LogP contribution in [0.4, 0.5) is 5.69 Å². The van der Waals surface area contributed by atoms with Gasteiger partial charge in [0.1, 0.15) is 5.75 Å². The van der Waals surface area contributed by atoms with Crippen molar-refractivity contribution in [1.82, 2.24) is 9.78 Å². The molecule has 4 heteroatoms. The third-order valence-corrected chi connectivity index (χ3v) is 2.66. The van der Waals surface area contributed by atoms with Gasteiger partial charge in [0.05, 0.1) is 12.8 Å². The van der Waals surface area contributed by atoms with Crippen molar-refractivity contribution in [2.24, 2.45) is 0 Å². The lowest BCUT2D eigenvalue weighted by Crippen LogP contribution is -2.05.